The number of rotatable bonds is 3. The van der Waals surface area contributed by atoms with Crippen molar-refractivity contribution < 1.29 is 9.59 Å². The molecule has 1 aromatic carbocycles. The van der Waals surface area contributed by atoms with Crippen molar-refractivity contribution in [2.75, 3.05) is 4.90 Å². The third-order valence-corrected chi connectivity index (χ3v) is 4.17. The Morgan fingerprint density at radius 2 is 1.87 bits per heavy atom. The Bertz CT molecular complexity index is 751. The Kier molecular flexibility index (Phi) is 4.18. The number of aromatic nitrogens is 1. The van der Waals surface area contributed by atoms with Crippen LogP contribution in [-0.4, -0.2) is 16.8 Å². The molecule has 2 heterocycles. The molecule has 4 nitrogen and oxygen atoms in total. The van der Waals surface area contributed by atoms with Crippen molar-refractivity contribution in [3.63, 3.8) is 0 Å². The fraction of sp³-hybridized carbons (Fsp3) is 0.278. The van der Waals surface area contributed by atoms with Crippen LogP contribution in [-0.2, 0) is 16.0 Å². The summed E-state index contributed by atoms with van der Waals surface area (Å²) in [4.78, 5) is 30.1. The second-order valence-electron chi connectivity index (χ2n) is 6.00. The van der Waals surface area contributed by atoms with Gasteiger partial charge in [0.15, 0.2) is 0 Å². The van der Waals surface area contributed by atoms with Gasteiger partial charge in [0.05, 0.1) is 10.9 Å². The van der Waals surface area contributed by atoms with Gasteiger partial charge in [0, 0.05) is 12.6 Å². The molecule has 1 aliphatic heterocycles. The maximum atomic E-state index is 12.6. The molecule has 5 heteroatoms. The first-order valence-electron chi connectivity index (χ1n) is 7.49. The van der Waals surface area contributed by atoms with Gasteiger partial charge in [-0.3, -0.25) is 9.59 Å². The zero-order valence-electron chi connectivity index (χ0n) is 13.0. The van der Waals surface area contributed by atoms with Crippen LogP contribution in [0, 0.1) is 19.8 Å². The number of aryl methyl sites for hydroxylation is 2. The zero-order chi connectivity index (χ0) is 16.6. The van der Waals surface area contributed by atoms with Gasteiger partial charge in [-0.05, 0) is 38.0 Å². The largest absolute Gasteiger partial charge is 0.274 e. The van der Waals surface area contributed by atoms with E-state index in [-0.39, 0.29) is 24.2 Å². The van der Waals surface area contributed by atoms with E-state index in [1.807, 2.05) is 13.8 Å². The Labute approximate surface area is 140 Å². The van der Waals surface area contributed by atoms with Crippen molar-refractivity contribution in [3.8, 4) is 0 Å². The quantitative estimate of drug-likeness (QED) is 0.811. The molecule has 0 spiro atoms. The van der Waals surface area contributed by atoms with Crippen LogP contribution in [0.3, 0.4) is 0 Å². The molecule has 0 bridgehead atoms. The van der Waals surface area contributed by atoms with Gasteiger partial charge < -0.3 is 0 Å². The first kappa shape index (κ1) is 15.7. The lowest BCUT2D eigenvalue weighted by atomic mass is 9.95. The summed E-state index contributed by atoms with van der Waals surface area (Å²) in [6, 6.07) is 9.44. The third kappa shape index (κ3) is 3.27. The molecule has 3 rings (SSSR count). The van der Waals surface area contributed by atoms with Crippen molar-refractivity contribution in [2.24, 2.45) is 5.92 Å². The molecular weight excluding hydrogens is 312 g/mol. The maximum absolute atomic E-state index is 12.6. The van der Waals surface area contributed by atoms with Crippen LogP contribution >= 0.6 is 11.6 Å². The molecule has 0 aliphatic carbocycles. The van der Waals surface area contributed by atoms with Crippen LogP contribution < -0.4 is 4.90 Å². The highest BCUT2D eigenvalue weighted by Gasteiger charge is 2.40. The van der Waals surface area contributed by atoms with Crippen molar-refractivity contribution in [1.82, 2.24) is 4.98 Å². The molecule has 1 fully saturated rings. The molecule has 0 radical (unpaired) electrons. The fourth-order valence-electron chi connectivity index (χ4n) is 3.07. The summed E-state index contributed by atoms with van der Waals surface area (Å²) < 4.78 is 0. The number of hydrogen-bond donors (Lipinski definition) is 0. The van der Waals surface area contributed by atoms with Gasteiger partial charge in [-0.2, -0.15) is 0 Å². The number of nitrogens with zero attached hydrogens (tertiary/aromatic N) is 2. The zero-order valence-corrected chi connectivity index (χ0v) is 13.8. The Morgan fingerprint density at radius 1 is 1.17 bits per heavy atom. The topological polar surface area (TPSA) is 50.3 Å². The van der Waals surface area contributed by atoms with Gasteiger partial charge in [-0.25, -0.2) is 9.88 Å². The molecule has 0 N–H and O–H groups in total. The van der Waals surface area contributed by atoms with Crippen molar-refractivity contribution in [2.45, 2.75) is 26.7 Å². The predicted octanol–water partition coefficient (Wildman–Crippen LogP) is 3.47. The monoisotopic (exact) mass is 328 g/mol. The Hall–Kier alpha value is -2.20. The lowest BCUT2D eigenvalue weighted by Gasteiger charge is -2.14. The van der Waals surface area contributed by atoms with E-state index in [2.05, 4.69) is 23.2 Å². The molecular formula is C18H17ClN2O2. The second kappa shape index (κ2) is 6.13. The lowest BCUT2D eigenvalue weighted by Crippen LogP contribution is -2.31. The lowest BCUT2D eigenvalue weighted by molar-refractivity contribution is -0.122. The number of hydrogen-bond acceptors (Lipinski definition) is 3. The molecule has 0 saturated carbocycles. The van der Waals surface area contributed by atoms with E-state index in [1.165, 1.54) is 11.1 Å². The van der Waals surface area contributed by atoms with Crippen LogP contribution in [0.2, 0.25) is 5.02 Å². The summed E-state index contributed by atoms with van der Waals surface area (Å²) in [6.45, 7) is 4.06. The highest BCUT2D eigenvalue weighted by atomic mass is 35.5. The van der Waals surface area contributed by atoms with Gasteiger partial charge in [0.25, 0.3) is 0 Å². The summed E-state index contributed by atoms with van der Waals surface area (Å²) in [5.41, 5.74) is 3.40. The highest BCUT2D eigenvalue weighted by molar-refractivity contribution is 6.30. The van der Waals surface area contributed by atoms with Crippen LogP contribution in [0.15, 0.2) is 36.5 Å². The minimum absolute atomic E-state index is 0.191. The minimum atomic E-state index is -0.332. The molecule has 23 heavy (non-hydrogen) atoms. The Balaban J connectivity index is 1.82. The Morgan fingerprint density at radius 3 is 2.48 bits per heavy atom. The van der Waals surface area contributed by atoms with E-state index in [0.29, 0.717) is 17.3 Å². The predicted molar refractivity (Wildman–Crippen MR) is 89.5 cm³/mol. The average Bonchev–Trinajstić information content (AvgIpc) is 2.74. The molecule has 118 valence electrons. The van der Waals surface area contributed by atoms with Gasteiger partial charge in [-0.1, -0.05) is 40.9 Å². The smallest absolute Gasteiger partial charge is 0.238 e. The number of carbonyl (C=O) groups is 2. The first-order valence-corrected chi connectivity index (χ1v) is 7.87. The van der Waals surface area contributed by atoms with Gasteiger partial charge in [-0.15, -0.1) is 0 Å². The van der Waals surface area contributed by atoms with Crippen molar-refractivity contribution in [1.29, 1.82) is 0 Å². The van der Waals surface area contributed by atoms with Crippen molar-refractivity contribution in [3.05, 3.63) is 58.2 Å². The maximum Gasteiger partial charge on any atom is 0.238 e. The molecule has 1 aliphatic rings. The van der Waals surface area contributed by atoms with Crippen LogP contribution in [0.4, 0.5) is 5.82 Å². The van der Waals surface area contributed by atoms with Crippen LogP contribution in [0.5, 0.6) is 0 Å². The standard InChI is InChI=1S/C18H17ClN2O2/c1-11-5-12(2)7-13(6-11)8-14-9-17(22)21(18(14)23)16-4-3-15(19)10-20-16/h3-7,10,14H,8-9H2,1-2H3/t14-/m1/s1. The number of imide groups is 1. The normalized spacial score (nSPS) is 17.9. The van der Waals surface area contributed by atoms with Gasteiger partial charge in [0.1, 0.15) is 5.82 Å². The van der Waals surface area contributed by atoms with Gasteiger partial charge in [0.2, 0.25) is 11.8 Å². The van der Waals surface area contributed by atoms with Crippen LogP contribution in [0.25, 0.3) is 0 Å². The van der Waals surface area contributed by atoms with E-state index >= 15 is 0 Å². The molecule has 1 aromatic heterocycles. The summed E-state index contributed by atoms with van der Waals surface area (Å²) >= 11 is 5.81. The average molecular weight is 329 g/mol. The SMILES string of the molecule is Cc1cc(C)cc(C[C@@H]2CC(=O)N(c3ccc(Cl)cn3)C2=O)c1. The van der Waals surface area contributed by atoms with E-state index in [4.69, 9.17) is 11.6 Å². The minimum Gasteiger partial charge on any atom is -0.274 e. The fourth-order valence-corrected chi connectivity index (χ4v) is 3.18. The number of halogens is 1. The van der Waals surface area contributed by atoms with Crippen molar-refractivity contribution >= 4 is 29.2 Å². The van der Waals surface area contributed by atoms with E-state index in [9.17, 15) is 9.59 Å². The molecule has 1 saturated heterocycles. The first-order chi connectivity index (χ1) is 10.9. The summed E-state index contributed by atoms with van der Waals surface area (Å²) in [5.74, 6) is -0.392. The number of amides is 2. The highest BCUT2D eigenvalue weighted by Crippen LogP contribution is 2.28. The molecule has 1 atom stereocenters. The van der Waals surface area contributed by atoms with E-state index in [0.717, 1.165) is 16.7 Å². The van der Waals surface area contributed by atoms with Gasteiger partial charge >= 0.3 is 0 Å². The summed E-state index contributed by atoms with van der Waals surface area (Å²) in [5, 5.41) is 0.472. The number of benzene rings is 1. The third-order valence-electron chi connectivity index (χ3n) is 3.94. The second-order valence-corrected chi connectivity index (χ2v) is 6.44. The number of carbonyl (C=O) groups excluding carboxylic acids is 2. The molecule has 0 unspecified atom stereocenters. The summed E-state index contributed by atoms with van der Waals surface area (Å²) in [6.07, 6.45) is 2.22. The number of anilines is 1. The van der Waals surface area contributed by atoms with E-state index < -0.39 is 0 Å². The molecule has 2 aromatic rings. The number of pyridine rings is 1. The summed E-state index contributed by atoms with van der Waals surface area (Å²) in [7, 11) is 0. The molecule has 2 amide bonds. The van der Waals surface area contributed by atoms with Crippen LogP contribution in [0.1, 0.15) is 23.1 Å². The van der Waals surface area contributed by atoms with E-state index in [1.54, 1.807) is 12.1 Å².